The van der Waals surface area contributed by atoms with E-state index >= 15 is 0 Å². The van der Waals surface area contributed by atoms with Crippen molar-refractivity contribution in [1.29, 1.82) is 0 Å². The third kappa shape index (κ3) is 3.56. The second-order valence-corrected chi connectivity index (χ2v) is 6.74. The molecule has 0 amide bonds. The highest BCUT2D eigenvalue weighted by Crippen LogP contribution is 2.19. The summed E-state index contributed by atoms with van der Waals surface area (Å²) in [6.07, 6.45) is 1.41. The lowest BCUT2D eigenvalue weighted by molar-refractivity contribution is 0.485. The molecule has 1 aromatic carbocycles. The van der Waals surface area contributed by atoms with Crippen molar-refractivity contribution in [3.63, 3.8) is 0 Å². The van der Waals surface area contributed by atoms with Gasteiger partial charge in [0.15, 0.2) is 0 Å². The molecular formula is C13H11NO3S3. The van der Waals surface area contributed by atoms with Crippen molar-refractivity contribution < 1.29 is 12.6 Å². The number of thiocarbonyl (C=S) groups is 1. The second-order valence-electron chi connectivity index (χ2n) is 4.03. The van der Waals surface area contributed by atoms with Crippen LogP contribution in [-0.2, 0) is 10.1 Å². The van der Waals surface area contributed by atoms with Crippen LogP contribution in [0.15, 0.2) is 47.5 Å². The summed E-state index contributed by atoms with van der Waals surface area (Å²) in [5.41, 5.74) is 1.36. The monoisotopic (exact) mass is 325 g/mol. The third-order valence-electron chi connectivity index (χ3n) is 2.47. The molecule has 0 atom stereocenters. The summed E-state index contributed by atoms with van der Waals surface area (Å²) in [7, 11) is -3.87. The standard InChI is InChI=1S/C13H11NO3S3/c1-9-2-4-11(5-3-9)20(15,16)17-10-6-7-14-12(8-10)13(18)19/h2-8H,1H3,(H,18,19). The molecule has 2 aromatic rings. The fourth-order valence-corrected chi connectivity index (χ4v) is 2.62. The Morgan fingerprint density at radius 1 is 1.25 bits per heavy atom. The zero-order valence-electron chi connectivity index (χ0n) is 10.5. The molecular weight excluding hydrogens is 314 g/mol. The van der Waals surface area contributed by atoms with Crippen molar-refractivity contribution in [3.8, 4) is 5.75 Å². The van der Waals surface area contributed by atoms with E-state index in [1.54, 1.807) is 12.1 Å². The molecule has 1 heterocycles. The maximum atomic E-state index is 12.1. The fraction of sp³-hybridized carbons (Fsp3) is 0.0769. The molecule has 20 heavy (non-hydrogen) atoms. The molecule has 2 rings (SSSR count). The van der Waals surface area contributed by atoms with Gasteiger partial charge in [-0.2, -0.15) is 8.42 Å². The van der Waals surface area contributed by atoms with Crippen LogP contribution in [0.3, 0.4) is 0 Å². The van der Waals surface area contributed by atoms with Crippen LogP contribution in [0, 0.1) is 6.92 Å². The first kappa shape index (κ1) is 15.0. The molecule has 0 saturated heterocycles. The van der Waals surface area contributed by atoms with Gasteiger partial charge in [0.25, 0.3) is 0 Å². The Labute approximate surface area is 128 Å². The van der Waals surface area contributed by atoms with Gasteiger partial charge in [0, 0.05) is 18.3 Å². The number of aryl methyl sites for hydroxylation is 1. The van der Waals surface area contributed by atoms with Crippen molar-refractivity contribution in [2.24, 2.45) is 0 Å². The van der Waals surface area contributed by atoms with Gasteiger partial charge in [-0.15, -0.1) is 12.6 Å². The first-order valence-electron chi connectivity index (χ1n) is 5.59. The number of benzene rings is 1. The van der Waals surface area contributed by atoms with E-state index < -0.39 is 10.1 Å². The predicted molar refractivity (Wildman–Crippen MR) is 83.9 cm³/mol. The molecule has 104 valence electrons. The van der Waals surface area contributed by atoms with Crippen LogP contribution in [0.2, 0.25) is 0 Å². The van der Waals surface area contributed by atoms with Crippen molar-refractivity contribution >= 4 is 39.2 Å². The van der Waals surface area contributed by atoms with Gasteiger partial charge in [0.05, 0.1) is 9.89 Å². The summed E-state index contributed by atoms with van der Waals surface area (Å²) in [5, 5.41) is 0. The van der Waals surface area contributed by atoms with Crippen molar-refractivity contribution in [1.82, 2.24) is 4.98 Å². The van der Waals surface area contributed by atoms with Gasteiger partial charge in [-0.1, -0.05) is 29.9 Å². The van der Waals surface area contributed by atoms with Crippen LogP contribution in [-0.4, -0.2) is 17.6 Å². The van der Waals surface area contributed by atoms with Crippen LogP contribution in [0.1, 0.15) is 11.3 Å². The van der Waals surface area contributed by atoms with Gasteiger partial charge in [-0.3, -0.25) is 4.98 Å². The van der Waals surface area contributed by atoms with E-state index in [-0.39, 0.29) is 14.8 Å². The van der Waals surface area contributed by atoms with Crippen LogP contribution in [0.4, 0.5) is 0 Å². The lowest BCUT2D eigenvalue weighted by Crippen LogP contribution is -2.10. The number of pyridine rings is 1. The first-order valence-corrected chi connectivity index (χ1v) is 7.85. The van der Waals surface area contributed by atoms with Crippen molar-refractivity contribution in [3.05, 3.63) is 53.9 Å². The fourth-order valence-electron chi connectivity index (χ4n) is 1.46. The van der Waals surface area contributed by atoms with Crippen LogP contribution >= 0.6 is 24.8 Å². The van der Waals surface area contributed by atoms with Crippen LogP contribution < -0.4 is 4.18 Å². The molecule has 0 bridgehead atoms. The zero-order chi connectivity index (χ0) is 14.8. The minimum absolute atomic E-state index is 0.0925. The molecule has 1 aromatic heterocycles. The van der Waals surface area contributed by atoms with Crippen LogP contribution in [0.5, 0.6) is 5.75 Å². The summed E-state index contributed by atoms with van der Waals surface area (Å²) in [6, 6.07) is 9.28. The normalized spacial score (nSPS) is 11.1. The number of aromatic nitrogens is 1. The summed E-state index contributed by atoms with van der Waals surface area (Å²) in [4.78, 5) is 4.05. The molecule has 0 spiro atoms. The first-order chi connectivity index (χ1) is 9.38. The highest BCUT2D eigenvalue weighted by Gasteiger charge is 2.16. The topological polar surface area (TPSA) is 56.3 Å². The van der Waals surface area contributed by atoms with Gasteiger partial charge < -0.3 is 4.18 Å². The average Bonchev–Trinajstić information content (AvgIpc) is 2.39. The Kier molecular flexibility index (Phi) is 4.42. The van der Waals surface area contributed by atoms with Gasteiger partial charge in [-0.05, 0) is 19.1 Å². The minimum atomic E-state index is -3.87. The molecule has 4 nitrogen and oxygen atoms in total. The summed E-state index contributed by atoms with van der Waals surface area (Å²) in [5.74, 6) is 0.145. The lowest BCUT2D eigenvalue weighted by atomic mass is 10.2. The van der Waals surface area contributed by atoms with E-state index in [9.17, 15) is 8.42 Å². The highest BCUT2D eigenvalue weighted by atomic mass is 32.2. The smallest absolute Gasteiger partial charge is 0.339 e. The minimum Gasteiger partial charge on any atom is -0.379 e. The van der Waals surface area contributed by atoms with E-state index in [4.69, 9.17) is 16.4 Å². The Bertz CT molecular complexity index is 740. The SMILES string of the molecule is Cc1ccc(S(=O)(=O)Oc2ccnc(C(=S)S)c2)cc1. The Hall–Kier alpha value is -1.44. The molecule has 0 aliphatic rings. The van der Waals surface area contributed by atoms with Gasteiger partial charge in [0.1, 0.15) is 10.6 Å². The Morgan fingerprint density at radius 2 is 1.90 bits per heavy atom. The maximum absolute atomic E-state index is 12.1. The van der Waals surface area contributed by atoms with E-state index in [0.29, 0.717) is 5.69 Å². The molecule has 0 saturated carbocycles. The average molecular weight is 325 g/mol. The van der Waals surface area contributed by atoms with Gasteiger partial charge in [-0.25, -0.2) is 0 Å². The second kappa shape index (κ2) is 5.90. The molecule has 0 N–H and O–H groups in total. The van der Waals surface area contributed by atoms with Crippen molar-refractivity contribution in [2.45, 2.75) is 11.8 Å². The highest BCUT2D eigenvalue weighted by molar-refractivity contribution is 8.11. The number of nitrogens with zero attached hydrogens (tertiary/aromatic N) is 1. The third-order valence-corrected chi connectivity index (χ3v) is 4.17. The van der Waals surface area contributed by atoms with Crippen molar-refractivity contribution in [2.75, 3.05) is 0 Å². The molecule has 0 aliphatic carbocycles. The van der Waals surface area contributed by atoms with E-state index in [2.05, 4.69) is 17.6 Å². The molecule has 0 radical (unpaired) electrons. The van der Waals surface area contributed by atoms with E-state index in [0.717, 1.165) is 5.56 Å². The number of thiol groups is 1. The Balaban J connectivity index is 2.31. The summed E-state index contributed by atoms with van der Waals surface area (Å²) < 4.78 is 29.5. The zero-order valence-corrected chi connectivity index (χ0v) is 13.0. The molecule has 7 heteroatoms. The van der Waals surface area contributed by atoms with Crippen LogP contribution in [0.25, 0.3) is 0 Å². The van der Waals surface area contributed by atoms with E-state index in [1.807, 2.05) is 6.92 Å². The molecule has 0 aliphatic heterocycles. The predicted octanol–water partition coefficient (Wildman–Crippen LogP) is 2.76. The largest absolute Gasteiger partial charge is 0.379 e. The quantitative estimate of drug-likeness (QED) is 0.532. The number of hydrogen-bond donors (Lipinski definition) is 1. The van der Waals surface area contributed by atoms with E-state index in [1.165, 1.54) is 30.5 Å². The number of rotatable bonds is 4. The van der Waals surface area contributed by atoms with Gasteiger partial charge in [0.2, 0.25) is 0 Å². The number of hydrogen-bond acceptors (Lipinski definition) is 5. The Morgan fingerprint density at radius 3 is 2.50 bits per heavy atom. The molecule has 0 fully saturated rings. The summed E-state index contributed by atoms with van der Waals surface area (Å²) in [6.45, 7) is 1.88. The van der Waals surface area contributed by atoms with Gasteiger partial charge >= 0.3 is 10.1 Å². The molecule has 0 unspecified atom stereocenters. The lowest BCUT2D eigenvalue weighted by Gasteiger charge is -2.07. The summed E-state index contributed by atoms with van der Waals surface area (Å²) >= 11 is 8.86. The maximum Gasteiger partial charge on any atom is 0.339 e.